The molecule has 0 unspecified atom stereocenters. The molecule has 0 spiro atoms. The van der Waals surface area contributed by atoms with Crippen LogP contribution in [0.4, 0.5) is 5.69 Å². The molecule has 3 nitrogen and oxygen atoms in total. The van der Waals surface area contributed by atoms with E-state index >= 15 is 0 Å². The molecule has 0 aromatic heterocycles. The van der Waals surface area contributed by atoms with Gasteiger partial charge in [-0.05, 0) is 43.0 Å². The smallest absolute Gasteiger partial charge is 0.163 e. The molecular weight excluding hydrogens is 394 g/mol. The molecule has 3 heteroatoms. The Balaban J connectivity index is 0. The molecule has 0 bridgehead atoms. The van der Waals surface area contributed by atoms with Gasteiger partial charge in [0.1, 0.15) is 0 Å². The van der Waals surface area contributed by atoms with Crippen molar-refractivity contribution in [1.29, 1.82) is 0 Å². The molecule has 0 aliphatic rings. The second kappa shape index (κ2) is 14.7. The zero-order chi connectivity index (χ0) is 19.9. The van der Waals surface area contributed by atoms with Crippen LogP contribution in [0, 0.1) is 6.92 Å². The fourth-order valence-corrected chi connectivity index (χ4v) is 3.09. The van der Waals surface area contributed by atoms with Gasteiger partial charge in [0.25, 0.3) is 0 Å². The molecule has 3 aromatic rings. The number of benzene rings is 3. The first-order chi connectivity index (χ1) is 13.5. The number of nitrogen functional groups attached to an aromatic ring is 1. The lowest BCUT2D eigenvalue weighted by molar-refractivity contribution is 0.0971. The van der Waals surface area contributed by atoms with Crippen molar-refractivity contribution in [2.75, 3.05) is 5.73 Å². The van der Waals surface area contributed by atoms with Crippen LogP contribution in [0.2, 0.25) is 0 Å². The first-order valence-electron chi connectivity index (χ1n) is 9.58. The molecule has 0 atom stereocenters. The van der Waals surface area contributed by atoms with Crippen LogP contribution in [0.3, 0.4) is 0 Å². The third kappa shape index (κ3) is 8.89. The van der Waals surface area contributed by atoms with E-state index in [1.54, 1.807) is 24.3 Å². The molecule has 0 aliphatic heterocycles. The van der Waals surface area contributed by atoms with E-state index in [2.05, 4.69) is 24.3 Å². The van der Waals surface area contributed by atoms with Gasteiger partial charge in [-0.1, -0.05) is 95.9 Å². The van der Waals surface area contributed by atoms with Gasteiger partial charge in [0.15, 0.2) is 11.6 Å². The Kier molecular flexibility index (Phi) is 14.3. The number of carbonyl (C=O) groups is 2. The zero-order valence-corrected chi connectivity index (χ0v) is 16.2. The van der Waals surface area contributed by atoms with Gasteiger partial charge in [0, 0.05) is 29.7 Å². The first kappa shape index (κ1) is 31.0. The molecule has 0 saturated heterocycles. The maximum absolute atomic E-state index is 12.4. The molecule has 32 heavy (non-hydrogen) atoms. The van der Waals surface area contributed by atoms with Crippen molar-refractivity contribution in [3.05, 3.63) is 101 Å². The third-order valence-electron chi connectivity index (χ3n) is 4.91. The number of hydrogen-bond donors (Lipinski definition) is 1. The summed E-state index contributed by atoms with van der Waals surface area (Å²) in [6.07, 6.45) is 2.30. The number of Topliss-reactive ketones (excluding diaryl/α,β-unsaturated/α-hetero) is 2. The summed E-state index contributed by atoms with van der Waals surface area (Å²) in [4.78, 5) is 24.8. The van der Waals surface area contributed by atoms with Crippen molar-refractivity contribution < 1.29 is 9.59 Å². The van der Waals surface area contributed by atoms with Gasteiger partial charge in [0.2, 0.25) is 0 Å². The summed E-state index contributed by atoms with van der Waals surface area (Å²) in [6, 6.07) is 22.8. The van der Waals surface area contributed by atoms with Crippen molar-refractivity contribution >= 4 is 17.3 Å². The summed E-state index contributed by atoms with van der Waals surface area (Å²) in [6.45, 7) is 2.05. The van der Waals surface area contributed by atoms with E-state index in [9.17, 15) is 9.59 Å². The quantitative estimate of drug-likeness (QED) is 0.290. The predicted molar refractivity (Wildman–Crippen MR) is 141 cm³/mol. The summed E-state index contributed by atoms with van der Waals surface area (Å²) in [5.41, 5.74) is 11.2. The van der Waals surface area contributed by atoms with Crippen LogP contribution >= 0.6 is 0 Å². The SMILES string of the molecule is C.C.C.C.Cc1ccc(CCC(=O)c2ccc(C(=O)CCc3ccc(N)cc3)cc2)cc1. The Morgan fingerprint density at radius 2 is 0.938 bits per heavy atom. The second-order valence-electron chi connectivity index (χ2n) is 7.15. The van der Waals surface area contributed by atoms with E-state index < -0.39 is 0 Å². The van der Waals surface area contributed by atoms with Gasteiger partial charge in [0.05, 0.1) is 0 Å². The number of anilines is 1. The zero-order valence-electron chi connectivity index (χ0n) is 16.2. The summed E-state index contributed by atoms with van der Waals surface area (Å²) >= 11 is 0. The van der Waals surface area contributed by atoms with Crippen molar-refractivity contribution in [2.24, 2.45) is 0 Å². The summed E-state index contributed by atoms with van der Waals surface area (Å²) in [5.74, 6) is 0.178. The third-order valence-corrected chi connectivity index (χ3v) is 4.91. The number of ketones is 2. The van der Waals surface area contributed by atoms with Gasteiger partial charge in [-0.3, -0.25) is 9.59 Å². The van der Waals surface area contributed by atoms with E-state index in [1.807, 2.05) is 31.2 Å². The lowest BCUT2D eigenvalue weighted by Crippen LogP contribution is -2.04. The largest absolute Gasteiger partial charge is 0.399 e. The normalized spacial score (nSPS) is 9.28. The topological polar surface area (TPSA) is 60.2 Å². The Hall–Kier alpha value is -3.20. The molecule has 0 fully saturated rings. The van der Waals surface area contributed by atoms with Gasteiger partial charge in [-0.25, -0.2) is 0 Å². The lowest BCUT2D eigenvalue weighted by Gasteiger charge is -2.05. The lowest BCUT2D eigenvalue weighted by atomic mass is 9.98. The van der Waals surface area contributed by atoms with Gasteiger partial charge >= 0.3 is 0 Å². The number of carbonyl (C=O) groups excluding carboxylic acids is 2. The Morgan fingerprint density at radius 1 is 0.594 bits per heavy atom. The Labute approximate surface area is 195 Å². The van der Waals surface area contributed by atoms with Gasteiger partial charge in [-0.2, -0.15) is 0 Å². The van der Waals surface area contributed by atoms with Crippen molar-refractivity contribution in [3.63, 3.8) is 0 Å². The van der Waals surface area contributed by atoms with E-state index in [0.717, 1.165) is 23.2 Å². The Bertz CT molecular complexity index is 859. The van der Waals surface area contributed by atoms with E-state index in [4.69, 9.17) is 5.73 Å². The van der Waals surface area contributed by atoms with Crippen molar-refractivity contribution in [2.45, 2.75) is 62.3 Å². The minimum absolute atomic E-state index is 0. The summed E-state index contributed by atoms with van der Waals surface area (Å²) in [7, 11) is 0. The fraction of sp³-hybridized carbons (Fsp3) is 0.310. The molecule has 0 radical (unpaired) electrons. The number of rotatable bonds is 8. The van der Waals surface area contributed by atoms with Crippen LogP contribution in [-0.2, 0) is 12.8 Å². The molecule has 3 aromatic carbocycles. The van der Waals surface area contributed by atoms with Crippen molar-refractivity contribution in [1.82, 2.24) is 0 Å². The number of aryl methyl sites for hydroxylation is 3. The van der Waals surface area contributed by atoms with Crippen LogP contribution in [0.15, 0.2) is 72.8 Å². The fourth-order valence-electron chi connectivity index (χ4n) is 3.09. The average Bonchev–Trinajstić information content (AvgIpc) is 2.72. The molecular formula is C29H41NO2. The molecule has 0 heterocycles. The number of hydrogen-bond acceptors (Lipinski definition) is 3. The van der Waals surface area contributed by atoms with Crippen LogP contribution in [-0.4, -0.2) is 11.6 Å². The highest BCUT2D eigenvalue weighted by Gasteiger charge is 2.10. The number of nitrogens with two attached hydrogens (primary N) is 1. The molecule has 3 rings (SSSR count). The highest BCUT2D eigenvalue weighted by Crippen LogP contribution is 2.14. The molecule has 0 amide bonds. The highest BCUT2D eigenvalue weighted by molar-refractivity contribution is 5.99. The summed E-state index contributed by atoms with van der Waals surface area (Å²) < 4.78 is 0. The highest BCUT2D eigenvalue weighted by atomic mass is 16.1. The van der Waals surface area contributed by atoms with Crippen LogP contribution in [0.5, 0.6) is 0 Å². The first-order valence-corrected chi connectivity index (χ1v) is 9.58. The molecule has 174 valence electrons. The van der Waals surface area contributed by atoms with Crippen LogP contribution in [0.25, 0.3) is 0 Å². The molecule has 0 saturated carbocycles. The minimum atomic E-state index is 0. The molecule has 2 N–H and O–H groups in total. The maximum Gasteiger partial charge on any atom is 0.163 e. The maximum atomic E-state index is 12.4. The predicted octanol–water partition coefficient (Wildman–Crippen LogP) is 7.75. The second-order valence-corrected chi connectivity index (χ2v) is 7.15. The van der Waals surface area contributed by atoms with Gasteiger partial charge in [-0.15, -0.1) is 0 Å². The van der Waals surface area contributed by atoms with E-state index in [-0.39, 0.29) is 41.3 Å². The molecule has 0 aliphatic carbocycles. The van der Waals surface area contributed by atoms with Crippen molar-refractivity contribution in [3.8, 4) is 0 Å². The summed E-state index contributed by atoms with van der Waals surface area (Å²) in [5, 5.41) is 0. The Morgan fingerprint density at radius 3 is 1.31 bits per heavy atom. The monoisotopic (exact) mass is 435 g/mol. The minimum Gasteiger partial charge on any atom is -0.399 e. The van der Waals surface area contributed by atoms with Crippen LogP contribution < -0.4 is 5.73 Å². The van der Waals surface area contributed by atoms with E-state index in [1.165, 1.54) is 5.56 Å². The van der Waals surface area contributed by atoms with Crippen LogP contribution in [0.1, 0.15) is 80.0 Å². The van der Waals surface area contributed by atoms with E-state index in [0.29, 0.717) is 30.4 Å². The average molecular weight is 436 g/mol. The van der Waals surface area contributed by atoms with Gasteiger partial charge < -0.3 is 5.73 Å². The standard InChI is InChI=1S/C25H25NO2.4CH4/c1-18-2-4-19(5-3-18)8-16-24(27)21-10-12-22(13-11-21)25(28)17-9-20-6-14-23(26)15-7-20;;;;/h2-7,10-15H,8-9,16-17,26H2,1H3;4*1H4.